The van der Waals surface area contributed by atoms with Gasteiger partial charge in [-0.25, -0.2) is 0 Å². The first-order chi connectivity index (χ1) is 6.95. The molecule has 0 aromatic carbocycles. The smallest absolute Gasteiger partial charge is 0.159 e. The number of piperidine rings is 1. The minimum absolute atomic E-state index is 0.655. The van der Waals surface area contributed by atoms with Crippen LogP contribution in [-0.4, -0.2) is 17.7 Å². The van der Waals surface area contributed by atoms with Crippen molar-refractivity contribution >= 4 is 6.08 Å². The molecule has 1 fully saturated rings. The Morgan fingerprint density at radius 2 is 2.57 bits per heavy atom. The predicted octanol–water partition coefficient (Wildman–Crippen LogP) is 2.22. The lowest BCUT2D eigenvalue weighted by atomic mass is 10.0. The van der Waals surface area contributed by atoms with Crippen LogP contribution in [-0.2, 0) is 0 Å². The van der Waals surface area contributed by atoms with E-state index in [0.29, 0.717) is 6.04 Å². The quantitative estimate of drug-likeness (QED) is 0.798. The maximum atomic E-state index is 4.97. The van der Waals surface area contributed by atoms with E-state index in [9.17, 15) is 0 Å². The molecule has 0 radical (unpaired) electrons. The molecule has 3 heteroatoms. The summed E-state index contributed by atoms with van der Waals surface area (Å²) in [4.78, 5) is 0. The third-order valence-corrected chi connectivity index (χ3v) is 2.57. The third kappa shape index (κ3) is 2.70. The maximum Gasteiger partial charge on any atom is 0.159 e. The van der Waals surface area contributed by atoms with Gasteiger partial charge in [-0.1, -0.05) is 17.7 Å². The van der Waals surface area contributed by atoms with Gasteiger partial charge < -0.3 is 9.84 Å². The summed E-state index contributed by atoms with van der Waals surface area (Å²) in [6.07, 6.45) is 10.9. The highest BCUT2D eigenvalue weighted by Crippen LogP contribution is 2.11. The summed E-state index contributed by atoms with van der Waals surface area (Å²) in [7, 11) is 0. The lowest BCUT2D eigenvalue weighted by Gasteiger charge is -2.21. The molecule has 2 heterocycles. The molecule has 0 spiro atoms. The van der Waals surface area contributed by atoms with Gasteiger partial charge in [0.2, 0.25) is 0 Å². The Labute approximate surface area is 84.2 Å². The molecule has 1 unspecified atom stereocenters. The summed E-state index contributed by atoms with van der Waals surface area (Å²) >= 11 is 0. The van der Waals surface area contributed by atoms with Crippen molar-refractivity contribution in [3.8, 4) is 0 Å². The average molecular weight is 192 g/mol. The van der Waals surface area contributed by atoms with E-state index in [1.807, 2.05) is 12.1 Å². The van der Waals surface area contributed by atoms with Crippen LogP contribution in [0.1, 0.15) is 31.4 Å². The van der Waals surface area contributed by atoms with Gasteiger partial charge in [-0.15, -0.1) is 0 Å². The van der Waals surface area contributed by atoms with Crippen molar-refractivity contribution in [1.82, 2.24) is 10.5 Å². The van der Waals surface area contributed by atoms with Gasteiger partial charge in [0.15, 0.2) is 5.76 Å². The molecule has 14 heavy (non-hydrogen) atoms. The summed E-state index contributed by atoms with van der Waals surface area (Å²) in [5, 5.41) is 7.15. The number of aromatic nitrogens is 1. The number of rotatable bonds is 3. The second kappa shape index (κ2) is 4.96. The first kappa shape index (κ1) is 9.46. The van der Waals surface area contributed by atoms with E-state index < -0.39 is 0 Å². The molecule has 0 bridgehead atoms. The van der Waals surface area contributed by atoms with Gasteiger partial charge in [0.1, 0.15) is 0 Å². The molecule has 1 aliphatic heterocycles. The van der Waals surface area contributed by atoms with Crippen molar-refractivity contribution in [2.75, 3.05) is 6.54 Å². The molecule has 1 saturated heterocycles. The summed E-state index contributed by atoms with van der Waals surface area (Å²) in [6.45, 7) is 1.17. The highest BCUT2D eigenvalue weighted by atomic mass is 16.5. The molecule has 2 rings (SSSR count). The Morgan fingerprint density at radius 1 is 1.57 bits per heavy atom. The normalized spacial score (nSPS) is 23.0. The molecular formula is C11H16N2O. The Balaban J connectivity index is 1.76. The fourth-order valence-electron chi connectivity index (χ4n) is 1.79. The largest absolute Gasteiger partial charge is 0.357 e. The zero-order valence-corrected chi connectivity index (χ0v) is 8.28. The highest BCUT2D eigenvalue weighted by molar-refractivity contribution is 5.41. The van der Waals surface area contributed by atoms with Crippen LogP contribution in [0.5, 0.6) is 0 Å². The second-order valence-electron chi connectivity index (χ2n) is 3.70. The molecule has 1 aromatic rings. The van der Waals surface area contributed by atoms with E-state index in [0.717, 1.165) is 12.2 Å². The summed E-state index contributed by atoms with van der Waals surface area (Å²) in [6, 6.07) is 2.52. The van der Waals surface area contributed by atoms with Gasteiger partial charge in [0.05, 0.1) is 6.20 Å². The van der Waals surface area contributed by atoms with Crippen LogP contribution in [0.25, 0.3) is 6.08 Å². The minimum Gasteiger partial charge on any atom is -0.357 e. The molecule has 1 aromatic heterocycles. The van der Waals surface area contributed by atoms with E-state index in [2.05, 4.69) is 16.5 Å². The van der Waals surface area contributed by atoms with Crippen molar-refractivity contribution in [3.05, 3.63) is 24.1 Å². The lowest BCUT2D eigenvalue weighted by molar-refractivity contribution is 0.402. The first-order valence-corrected chi connectivity index (χ1v) is 5.26. The van der Waals surface area contributed by atoms with Crippen molar-refractivity contribution in [2.45, 2.75) is 31.7 Å². The summed E-state index contributed by atoms with van der Waals surface area (Å²) in [5.41, 5.74) is 0. The van der Waals surface area contributed by atoms with Gasteiger partial charge >= 0.3 is 0 Å². The van der Waals surface area contributed by atoms with Crippen LogP contribution in [0.3, 0.4) is 0 Å². The Bertz CT molecular complexity index is 273. The van der Waals surface area contributed by atoms with E-state index in [1.165, 1.54) is 25.8 Å². The topological polar surface area (TPSA) is 38.1 Å². The molecule has 1 aliphatic rings. The second-order valence-corrected chi connectivity index (χ2v) is 3.70. The van der Waals surface area contributed by atoms with Crippen LogP contribution in [0.4, 0.5) is 0 Å². The zero-order valence-electron chi connectivity index (χ0n) is 8.28. The number of nitrogens with zero attached hydrogens (tertiary/aromatic N) is 1. The molecule has 1 atom stereocenters. The monoisotopic (exact) mass is 192 g/mol. The molecule has 0 saturated carbocycles. The Morgan fingerprint density at radius 3 is 3.29 bits per heavy atom. The predicted molar refractivity (Wildman–Crippen MR) is 55.8 cm³/mol. The lowest BCUT2D eigenvalue weighted by Crippen LogP contribution is -2.33. The van der Waals surface area contributed by atoms with Gasteiger partial charge in [0, 0.05) is 12.1 Å². The fourth-order valence-corrected chi connectivity index (χ4v) is 1.79. The van der Waals surface area contributed by atoms with Crippen LogP contribution in [0.2, 0.25) is 0 Å². The molecule has 0 amide bonds. The SMILES string of the molecule is C(=C/c1ccno1)/CC1CCCCN1. The van der Waals surface area contributed by atoms with Crippen molar-refractivity contribution in [1.29, 1.82) is 0 Å². The van der Waals surface area contributed by atoms with Gasteiger partial charge in [-0.3, -0.25) is 0 Å². The average Bonchev–Trinajstić information content (AvgIpc) is 2.72. The third-order valence-electron chi connectivity index (χ3n) is 2.57. The first-order valence-electron chi connectivity index (χ1n) is 5.26. The standard InChI is InChI=1S/C11H16N2O/c1-2-8-12-10(4-1)5-3-6-11-7-9-13-14-11/h3,6-7,9-10,12H,1-2,4-5,8H2/b6-3-. The van der Waals surface area contributed by atoms with Crippen molar-refractivity contribution in [3.63, 3.8) is 0 Å². The Hall–Kier alpha value is -1.09. The van der Waals surface area contributed by atoms with E-state index >= 15 is 0 Å². The summed E-state index contributed by atoms with van der Waals surface area (Å²) in [5.74, 6) is 0.834. The highest BCUT2D eigenvalue weighted by Gasteiger charge is 2.09. The molecule has 1 N–H and O–H groups in total. The van der Waals surface area contributed by atoms with Gasteiger partial charge in [-0.2, -0.15) is 0 Å². The van der Waals surface area contributed by atoms with Crippen LogP contribution in [0.15, 0.2) is 22.9 Å². The maximum absolute atomic E-state index is 4.97. The number of hydrogen-bond donors (Lipinski definition) is 1. The van der Waals surface area contributed by atoms with Crippen molar-refractivity contribution < 1.29 is 4.52 Å². The van der Waals surface area contributed by atoms with Crippen LogP contribution in [0, 0.1) is 0 Å². The van der Waals surface area contributed by atoms with E-state index in [-0.39, 0.29) is 0 Å². The van der Waals surface area contributed by atoms with E-state index in [1.54, 1.807) is 6.20 Å². The molecule has 76 valence electrons. The van der Waals surface area contributed by atoms with Crippen LogP contribution >= 0.6 is 0 Å². The van der Waals surface area contributed by atoms with Gasteiger partial charge in [0.25, 0.3) is 0 Å². The number of nitrogens with one attached hydrogen (secondary N) is 1. The fraction of sp³-hybridized carbons (Fsp3) is 0.545. The molecule has 3 nitrogen and oxygen atoms in total. The number of hydrogen-bond acceptors (Lipinski definition) is 3. The van der Waals surface area contributed by atoms with Crippen molar-refractivity contribution in [2.24, 2.45) is 0 Å². The van der Waals surface area contributed by atoms with Crippen LogP contribution < -0.4 is 5.32 Å². The zero-order chi connectivity index (χ0) is 9.64. The minimum atomic E-state index is 0.655. The summed E-state index contributed by atoms with van der Waals surface area (Å²) < 4.78 is 4.97. The van der Waals surface area contributed by atoms with E-state index in [4.69, 9.17) is 4.52 Å². The molecular weight excluding hydrogens is 176 g/mol. The van der Waals surface area contributed by atoms with Gasteiger partial charge in [-0.05, 0) is 31.9 Å². The molecule has 0 aliphatic carbocycles. The Kier molecular flexibility index (Phi) is 3.35.